The average molecular weight is 309 g/mol. The molecule has 0 unspecified atom stereocenters. The predicted octanol–water partition coefficient (Wildman–Crippen LogP) is 4.04. The van der Waals surface area contributed by atoms with E-state index in [-0.39, 0.29) is 5.56 Å². The SMILES string of the molecule is COC(=O)c1ccc(-c2cccc(Br)c2)c(F)c1. The van der Waals surface area contributed by atoms with Crippen molar-refractivity contribution in [2.75, 3.05) is 7.11 Å². The smallest absolute Gasteiger partial charge is 0.337 e. The minimum absolute atomic E-state index is 0.203. The van der Waals surface area contributed by atoms with E-state index >= 15 is 0 Å². The number of ether oxygens (including phenoxy) is 1. The summed E-state index contributed by atoms with van der Waals surface area (Å²) in [6.07, 6.45) is 0. The Bertz CT molecular complexity index is 596. The van der Waals surface area contributed by atoms with Crippen LogP contribution in [0.5, 0.6) is 0 Å². The molecule has 0 spiro atoms. The Hall–Kier alpha value is -1.68. The van der Waals surface area contributed by atoms with Gasteiger partial charge in [0.05, 0.1) is 12.7 Å². The maximum atomic E-state index is 13.9. The van der Waals surface area contributed by atoms with Crippen molar-refractivity contribution in [1.29, 1.82) is 0 Å². The summed E-state index contributed by atoms with van der Waals surface area (Å²) < 4.78 is 19.4. The average Bonchev–Trinajstić information content (AvgIpc) is 2.37. The zero-order valence-corrected chi connectivity index (χ0v) is 11.2. The molecule has 0 aliphatic carbocycles. The molecular formula is C14H10BrFO2. The summed E-state index contributed by atoms with van der Waals surface area (Å²) in [6.45, 7) is 0. The first-order chi connectivity index (χ1) is 8.61. The molecule has 2 aromatic rings. The van der Waals surface area contributed by atoms with Crippen LogP contribution in [0.4, 0.5) is 4.39 Å². The largest absolute Gasteiger partial charge is 0.465 e. The fraction of sp³-hybridized carbons (Fsp3) is 0.0714. The van der Waals surface area contributed by atoms with E-state index in [4.69, 9.17) is 0 Å². The van der Waals surface area contributed by atoms with Gasteiger partial charge in [-0.15, -0.1) is 0 Å². The number of carbonyl (C=O) groups is 1. The number of hydrogen-bond donors (Lipinski definition) is 0. The van der Waals surface area contributed by atoms with Crippen molar-refractivity contribution in [2.24, 2.45) is 0 Å². The number of benzene rings is 2. The van der Waals surface area contributed by atoms with Crippen molar-refractivity contribution in [3.8, 4) is 11.1 Å². The first-order valence-corrected chi connectivity index (χ1v) is 6.05. The zero-order chi connectivity index (χ0) is 13.1. The molecule has 0 saturated heterocycles. The van der Waals surface area contributed by atoms with Crippen LogP contribution >= 0.6 is 15.9 Å². The Morgan fingerprint density at radius 1 is 1.22 bits per heavy atom. The highest BCUT2D eigenvalue weighted by Crippen LogP contribution is 2.26. The van der Waals surface area contributed by atoms with Crippen LogP contribution in [0.25, 0.3) is 11.1 Å². The van der Waals surface area contributed by atoms with E-state index in [2.05, 4.69) is 20.7 Å². The topological polar surface area (TPSA) is 26.3 Å². The predicted molar refractivity (Wildman–Crippen MR) is 70.9 cm³/mol. The lowest BCUT2D eigenvalue weighted by atomic mass is 10.0. The summed E-state index contributed by atoms with van der Waals surface area (Å²) in [6, 6.07) is 11.6. The van der Waals surface area contributed by atoms with Crippen LogP contribution in [0.2, 0.25) is 0 Å². The van der Waals surface area contributed by atoms with E-state index in [0.29, 0.717) is 5.56 Å². The lowest BCUT2D eigenvalue weighted by Gasteiger charge is -2.06. The van der Waals surface area contributed by atoms with Gasteiger partial charge in [-0.1, -0.05) is 34.1 Å². The van der Waals surface area contributed by atoms with Gasteiger partial charge in [0, 0.05) is 10.0 Å². The van der Waals surface area contributed by atoms with Crippen molar-refractivity contribution >= 4 is 21.9 Å². The van der Waals surface area contributed by atoms with Gasteiger partial charge in [0.25, 0.3) is 0 Å². The molecular weight excluding hydrogens is 299 g/mol. The molecule has 2 aromatic carbocycles. The molecule has 2 nitrogen and oxygen atoms in total. The summed E-state index contributed by atoms with van der Waals surface area (Å²) in [5.74, 6) is -0.995. The maximum Gasteiger partial charge on any atom is 0.337 e. The summed E-state index contributed by atoms with van der Waals surface area (Å²) in [7, 11) is 1.27. The molecule has 2 rings (SSSR count). The third-order valence-electron chi connectivity index (χ3n) is 2.53. The van der Waals surface area contributed by atoms with Gasteiger partial charge in [-0.05, 0) is 29.8 Å². The van der Waals surface area contributed by atoms with Crippen LogP contribution in [0.3, 0.4) is 0 Å². The van der Waals surface area contributed by atoms with Gasteiger partial charge >= 0.3 is 5.97 Å². The van der Waals surface area contributed by atoms with E-state index in [1.165, 1.54) is 13.2 Å². The van der Waals surface area contributed by atoms with Gasteiger partial charge in [-0.2, -0.15) is 0 Å². The van der Waals surface area contributed by atoms with Crippen molar-refractivity contribution in [2.45, 2.75) is 0 Å². The normalized spacial score (nSPS) is 10.2. The third kappa shape index (κ3) is 2.59. The van der Waals surface area contributed by atoms with Crippen LogP contribution in [-0.4, -0.2) is 13.1 Å². The number of carbonyl (C=O) groups excluding carboxylic acids is 1. The summed E-state index contributed by atoms with van der Waals surface area (Å²) >= 11 is 3.34. The van der Waals surface area contributed by atoms with Crippen molar-refractivity contribution in [3.05, 3.63) is 58.3 Å². The maximum absolute atomic E-state index is 13.9. The van der Waals surface area contributed by atoms with Gasteiger partial charge in [-0.25, -0.2) is 9.18 Å². The molecule has 0 aliphatic rings. The molecule has 0 aliphatic heterocycles. The van der Waals surface area contributed by atoms with Crippen molar-refractivity contribution in [3.63, 3.8) is 0 Å². The zero-order valence-electron chi connectivity index (χ0n) is 9.61. The molecule has 0 N–H and O–H groups in total. The van der Waals surface area contributed by atoms with Gasteiger partial charge < -0.3 is 4.74 Å². The highest BCUT2D eigenvalue weighted by Gasteiger charge is 2.11. The lowest BCUT2D eigenvalue weighted by molar-refractivity contribution is 0.0600. The van der Waals surface area contributed by atoms with E-state index in [1.54, 1.807) is 18.2 Å². The van der Waals surface area contributed by atoms with Gasteiger partial charge in [0.1, 0.15) is 5.82 Å². The number of hydrogen-bond acceptors (Lipinski definition) is 2. The monoisotopic (exact) mass is 308 g/mol. The first kappa shape index (κ1) is 12.8. The molecule has 0 fully saturated rings. The van der Waals surface area contributed by atoms with Crippen LogP contribution in [0, 0.1) is 5.82 Å². The van der Waals surface area contributed by atoms with Gasteiger partial charge in [-0.3, -0.25) is 0 Å². The fourth-order valence-electron chi connectivity index (χ4n) is 1.65. The second kappa shape index (κ2) is 5.31. The van der Waals surface area contributed by atoms with E-state index in [0.717, 1.165) is 10.0 Å². The Labute approximate surface area is 113 Å². The minimum Gasteiger partial charge on any atom is -0.465 e. The van der Waals surface area contributed by atoms with Crippen molar-refractivity contribution < 1.29 is 13.9 Å². The van der Waals surface area contributed by atoms with Gasteiger partial charge in [0.15, 0.2) is 0 Å². The highest BCUT2D eigenvalue weighted by molar-refractivity contribution is 9.10. The molecule has 0 amide bonds. The fourth-order valence-corrected chi connectivity index (χ4v) is 2.05. The first-order valence-electron chi connectivity index (χ1n) is 5.25. The van der Waals surface area contributed by atoms with Crippen LogP contribution < -0.4 is 0 Å². The third-order valence-corrected chi connectivity index (χ3v) is 3.02. The Morgan fingerprint density at radius 3 is 2.61 bits per heavy atom. The van der Waals surface area contributed by atoms with Crippen LogP contribution in [0.1, 0.15) is 10.4 Å². The second-order valence-electron chi connectivity index (χ2n) is 3.70. The second-order valence-corrected chi connectivity index (χ2v) is 4.61. The Kier molecular flexibility index (Phi) is 3.77. The van der Waals surface area contributed by atoms with E-state index in [1.807, 2.05) is 18.2 Å². The molecule has 92 valence electrons. The molecule has 0 saturated carbocycles. The minimum atomic E-state index is -0.547. The highest BCUT2D eigenvalue weighted by atomic mass is 79.9. The Morgan fingerprint density at radius 2 is 2.00 bits per heavy atom. The molecule has 0 heterocycles. The summed E-state index contributed by atoms with van der Waals surface area (Å²) in [5, 5.41) is 0. The number of halogens is 2. The summed E-state index contributed by atoms with van der Waals surface area (Å²) in [4.78, 5) is 11.3. The molecule has 18 heavy (non-hydrogen) atoms. The van der Waals surface area contributed by atoms with Crippen LogP contribution in [-0.2, 0) is 4.74 Å². The number of methoxy groups -OCH3 is 1. The van der Waals surface area contributed by atoms with Crippen LogP contribution in [0.15, 0.2) is 46.9 Å². The molecule has 0 aromatic heterocycles. The molecule has 4 heteroatoms. The van der Waals surface area contributed by atoms with E-state index in [9.17, 15) is 9.18 Å². The van der Waals surface area contributed by atoms with E-state index < -0.39 is 11.8 Å². The lowest BCUT2D eigenvalue weighted by Crippen LogP contribution is -2.01. The Balaban J connectivity index is 2.45. The number of esters is 1. The number of rotatable bonds is 2. The molecule has 0 bridgehead atoms. The molecule has 0 radical (unpaired) electrons. The molecule has 0 atom stereocenters. The summed E-state index contributed by atoms with van der Waals surface area (Å²) in [5.41, 5.74) is 1.40. The standard InChI is InChI=1S/C14H10BrFO2/c1-18-14(17)10-5-6-12(13(16)8-10)9-3-2-4-11(15)7-9/h2-8H,1H3. The van der Waals surface area contributed by atoms with Crippen molar-refractivity contribution in [1.82, 2.24) is 0 Å². The van der Waals surface area contributed by atoms with Gasteiger partial charge in [0.2, 0.25) is 0 Å². The quantitative estimate of drug-likeness (QED) is 0.783.